The summed E-state index contributed by atoms with van der Waals surface area (Å²) in [6.07, 6.45) is 2.92. The van der Waals surface area contributed by atoms with Crippen molar-refractivity contribution in [3.63, 3.8) is 0 Å². The van der Waals surface area contributed by atoms with Gasteiger partial charge in [-0.15, -0.1) is 11.3 Å². The van der Waals surface area contributed by atoms with Crippen LogP contribution in [0.5, 0.6) is 0 Å². The van der Waals surface area contributed by atoms with E-state index in [-0.39, 0.29) is 5.91 Å². The second-order valence-corrected chi connectivity index (χ2v) is 6.44. The lowest BCUT2D eigenvalue weighted by Crippen LogP contribution is -2.35. The lowest BCUT2D eigenvalue weighted by Gasteiger charge is -2.11. The average molecular weight is 352 g/mol. The van der Waals surface area contributed by atoms with Gasteiger partial charge < -0.3 is 10.1 Å². The highest BCUT2D eigenvalue weighted by Gasteiger charge is 2.15. The molecule has 0 saturated carbocycles. The fourth-order valence-electron chi connectivity index (χ4n) is 1.94. The van der Waals surface area contributed by atoms with Gasteiger partial charge in [0.1, 0.15) is 0 Å². The first kappa shape index (κ1) is 17.5. The van der Waals surface area contributed by atoms with Gasteiger partial charge in [0.2, 0.25) is 0 Å². The molecule has 1 aromatic carbocycles. The van der Waals surface area contributed by atoms with Crippen molar-refractivity contribution in [2.45, 2.75) is 26.4 Å². The van der Waals surface area contributed by atoms with Crippen LogP contribution in [0.2, 0.25) is 5.02 Å². The van der Waals surface area contributed by atoms with Crippen LogP contribution in [-0.4, -0.2) is 24.5 Å². The molecule has 0 aliphatic rings. The van der Waals surface area contributed by atoms with Crippen molar-refractivity contribution in [3.05, 3.63) is 40.2 Å². The number of fused-ring (bicyclic) bond motifs is 1. The van der Waals surface area contributed by atoms with E-state index in [0.29, 0.717) is 11.6 Å². The molecule has 0 aliphatic carbocycles. The summed E-state index contributed by atoms with van der Waals surface area (Å²) >= 11 is 7.79. The quantitative estimate of drug-likeness (QED) is 0.631. The number of hydrogen-bond donors (Lipinski definition) is 1. The van der Waals surface area contributed by atoms with E-state index >= 15 is 0 Å². The Morgan fingerprint density at radius 3 is 2.83 bits per heavy atom. The van der Waals surface area contributed by atoms with E-state index in [9.17, 15) is 9.59 Å². The maximum atomic E-state index is 11.8. The minimum absolute atomic E-state index is 0.298. The van der Waals surface area contributed by atoms with Crippen molar-refractivity contribution in [3.8, 4) is 0 Å². The molecule has 4 nitrogen and oxygen atoms in total. The maximum Gasteiger partial charge on any atom is 0.331 e. The minimum Gasteiger partial charge on any atom is -0.449 e. The molecule has 2 aromatic rings. The van der Waals surface area contributed by atoms with Crippen LogP contribution in [0.3, 0.4) is 0 Å². The van der Waals surface area contributed by atoms with Gasteiger partial charge in [0, 0.05) is 27.6 Å². The first-order valence-corrected chi connectivity index (χ1v) is 8.55. The van der Waals surface area contributed by atoms with Gasteiger partial charge in [0.05, 0.1) is 5.02 Å². The summed E-state index contributed by atoms with van der Waals surface area (Å²) in [5.74, 6) is -0.869. The average Bonchev–Trinajstić information content (AvgIpc) is 2.87. The largest absolute Gasteiger partial charge is 0.449 e. The molecule has 1 N–H and O–H groups in total. The summed E-state index contributed by atoms with van der Waals surface area (Å²) < 4.78 is 6.12. The predicted molar refractivity (Wildman–Crippen MR) is 94.7 cm³/mol. The number of carbonyl (C=O) groups excluding carboxylic acids is 2. The van der Waals surface area contributed by atoms with Crippen LogP contribution in [0.15, 0.2) is 30.3 Å². The summed E-state index contributed by atoms with van der Waals surface area (Å²) in [6.45, 7) is 4.06. The highest BCUT2D eigenvalue weighted by Crippen LogP contribution is 2.35. The fraction of sp³-hybridized carbons (Fsp3) is 0.294. The molecule has 0 aliphatic heterocycles. The molecular formula is C17H18ClNO3S. The minimum atomic E-state index is -0.823. The normalized spacial score (nSPS) is 12.5. The number of hydrogen-bond acceptors (Lipinski definition) is 4. The first-order valence-electron chi connectivity index (χ1n) is 7.36. The van der Waals surface area contributed by atoms with Crippen molar-refractivity contribution >= 4 is 51.0 Å². The van der Waals surface area contributed by atoms with E-state index in [1.165, 1.54) is 17.4 Å². The molecule has 0 fully saturated rings. The molecule has 0 radical (unpaired) electrons. The Hall–Kier alpha value is -1.85. The monoisotopic (exact) mass is 351 g/mol. The van der Waals surface area contributed by atoms with E-state index < -0.39 is 12.1 Å². The zero-order valence-corrected chi connectivity index (χ0v) is 14.5. The Balaban J connectivity index is 2.00. The predicted octanol–water partition coefficient (Wildman–Crippen LogP) is 4.03. The summed E-state index contributed by atoms with van der Waals surface area (Å²) in [7, 11) is 0. The number of rotatable bonds is 6. The zero-order valence-electron chi connectivity index (χ0n) is 13.0. The number of carbonyl (C=O) groups is 2. The highest BCUT2D eigenvalue weighted by molar-refractivity contribution is 7.20. The third-order valence-electron chi connectivity index (χ3n) is 3.14. The Morgan fingerprint density at radius 1 is 1.39 bits per heavy atom. The molecule has 23 heavy (non-hydrogen) atoms. The van der Waals surface area contributed by atoms with E-state index in [0.717, 1.165) is 21.4 Å². The zero-order chi connectivity index (χ0) is 16.8. The van der Waals surface area contributed by atoms with Gasteiger partial charge in [0.15, 0.2) is 6.10 Å². The highest BCUT2D eigenvalue weighted by atomic mass is 35.5. The van der Waals surface area contributed by atoms with Crippen molar-refractivity contribution in [1.82, 2.24) is 5.32 Å². The number of esters is 1. The molecule has 1 aromatic heterocycles. The van der Waals surface area contributed by atoms with Gasteiger partial charge in [-0.1, -0.05) is 36.7 Å². The molecule has 0 unspecified atom stereocenters. The van der Waals surface area contributed by atoms with E-state index in [1.54, 1.807) is 13.0 Å². The summed E-state index contributed by atoms with van der Waals surface area (Å²) in [4.78, 5) is 24.2. The molecule has 0 bridgehead atoms. The van der Waals surface area contributed by atoms with Gasteiger partial charge >= 0.3 is 5.97 Å². The number of thiophene rings is 1. The standard InChI is InChI=1S/C17H18ClNO3S/c1-3-10-19-17(21)11(2)22-15(20)9-8-14-16(18)12-6-4-5-7-13(12)23-14/h4-9,11H,3,10H2,1-2H3,(H,19,21)/b9-8+/t11-/m0/s1. The van der Waals surface area contributed by atoms with Crippen molar-refractivity contribution in [1.29, 1.82) is 0 Å². The van der Waals surface area contributed by atoms with Crippen molar-refractivity contribution in [2.75, 3.05) is 6.54 Å². The van der Waals surface area contributed by atoms with Gasteiger partial charge in [-0.25, -0.2) is 4.79 Å². The summed E-state index contributed by atoms with van der Waals surface area (Å²) in [6, 6.07) is 7.76. The van der Waals surface area contributed by atoms with Crippen LogP contribution in [0.1, 0.15) is 25.1 Å². The van der Waals surface area contributed by atoms with Crippen LogP contribution in [0, 0.1) is 0 Å². The third-order valence-corrected chi connectivity index (χ3v) is 4.80. The van der Waals surface area contributed by atoms with E-state index in [4.69, 9.17) is 16.3 Å². The fourth-order valence-corrected chi connectivity index (χ4v) is 3.34. The van der Waals surface area contributed by atoms with Crippen molar-refractivity contribution < 1.29 is 14.3 Å². The lowest BCUT2D eigenvalue weighted by molar-refractivity contribution is -0.150. The molecule has 1 atom stereocenters. The molecule has 1 heterocycles. The van der Waals surface area contributed by atoms with Crippen molar-refractivity contribution in [2.24, 2.45) is 0 Å². The van der Waals surface area contributed by atoms with Crippen LogP contribution < -0.4 is 5.32 Å². The Kier molecular flexibility index (Phi) is 6.19. The third kappa shape index (κ3) is 4.56. The number of ether oxygens (including phenoxy) is 1. The maximum absolute atomic E-state index is 11.8. The van der Waals surface area contributed by atoms with Gasteiger partial charge in [-0.3, -0.25) is 4.79 Å². The van der Waals surface area contributed by atoms with Gasteiger partial charge in [-0.05, 0) is 25.5 Å². The lowest BCUT2D eigenvalue weighted by atomic mass is 10.2. The number of halogens is 1. The number of amides is 1. The molecule has 2 rings (SSSR count). The molecule has 6 heteroatoms. The molecule has 1 amide bonds. The smallest absolute Gasteiger partial charge is 0.331 e. The molecular weight excluding hydrogens is 334 g/mol. The second-order valence-electron chi connectivity index (χ2n) is 4.98. The van der Waals surface area contributed by atoms with Gasteiger partial charge in [0.25, 0.3) is 5.91 Å². The topological polar surface area (TPSA) is 55.4 Å². The SMILES string of the molecule is CCCNC(=O)[C@H](C)OC(=O)/C=C/c1sc2ccccc2c1Cl. The Morgan fingerprint density at radius 2 is 2.13 bits per heavy atom. The van der Waals surface area contributed by atoms with Crippen LogP contribution >= 0.6 is 22.9 Å². The Bertz CT molecular complexity index is 739. The molecule has 122 valence electrons. The number of benzene rings is 1. The molecule has 0 spiro atoms. The number of nitrogens with one attached hydrogen (secondary N) is 1. The van der Waals surface area contributed by atoms with Gasteiger partial charge in [-0.2, -0.15) is 0 Å². The van der Waals surface area contributed by atoms with E-state index in [1.807, 2.05) is 31.2 Å². The summed E-state index contributed by atoms with van der Waals surface area (Å²) in [5.41, 5.74) is 0. The van der Waals surface area contributed by atoms with Crippen LogP contribution in [0.25, 0.3) is 16.2 Å². The molecule has 0 saturated heterocycles. The Labute approximate surface area is 144 Å². The summed E-state index contributed by atoms with van der Waals surface area (Å²) in [5, 5.41) is 4.25. The van der Waals surface area contributed by atoms with Crippen LogP contribution in [-0.2, 0) is 14.3 Å². The van der Waals surface area contributed by atoms with Crippen LogP contribution in [0.4, 0.5) is 0 Å². The first-order chi connectivity index (χ1) is 11.0. The second kappa shape index (κ2) is 8.13. The van der Waals surface area contributed by atoms with E-state index in [2.05, 4.69) is 5.32 Å².